The molecule has 45 heavy (non-hydrogen) atoms. The van der Waals surface area contributed by atoms with Crippen molar-refractivity contribution in [3.63, 3.8) is 0 Å². The molecule has 3 aromatic carbocycles. The number of likely N-dealkylation sites (N-methyl/N-ethyl adjacent to an activating group) is 2. The van der Waals surface area contributed by atoms with Gasteiger partial charge in [-0.15, -0.1) is 0 Å². The first kappa shape index (κ1) is 37.4. The van der Waals surface area contributed by atoms with E-state index >= 15 is 0 Å². The lowest BCUT2D eigenvalue weighted by atomic mass is 10.00. The van der Waals surface area contributed by atoms with Crippen molar-refractivity contribution in [1.29, 1.82) is 0 Å². The lowest BCUT2D eigenvalue weighted by Crippen LogP contribution is -2.48. The van der Waals surface area contributed by atoms with E-state index in [1.165, 1.54) is 41.2 Å². The number of hydrogen-bond donors (Lipinski definition) is 4. The fourth-order valence-corrected chi connectivity index (χ4v) is 5.57. The van der Waals surface area contributed by atoms with E-state index in [1.54, 1.807) is 0 Å². The smallest absolute Gasteiger partial charge is 0.290 e. The highest BCUT2D eigenvalue weighted by molar-refractivity contribution is 7.89. The van der Waals surface area contributed by atoms with Gasteiger partial charge in [0.2, 0.25) is 10.0 Å². The van der Waals surface area contributed by atoms with Crippen LogP contribution in [0, 0.1) is 11.6 Å². The summed E-state index contributed by atoms with van der Waals surface area (Å²) in [5.74, 6) is -2.08. The Labute approximate surface area is 263 Å². The van der Waals surface area contributed by atoms with Gasteiger partial charge in [0.05, 0.1) is 17.0 Å². The zero-order chi connectivity index (χ0) is 33.6. The molecule has 246 valence electrons. The Morgan fingerprint density at radius 3 is 2.11 bits per heavy atom. The maximum atomic E-state index is 13.9. The molecular weight excluding hydrogens is 606 g/mol. The van der Waals surface area contributed by atoms with E-state index in [-0.39, 0.29) is 35.5 Å². The number of nitrogens with one attached hydrogen (secondary N) is 2. The lowest BCUT2D eigenvalue weighted by Gasteiger charge is -2.25. The number of carbonyl (C=O) groups excluding carboxylic acids is 1. The average Bonchev–Trinajstić information content (AvgIpc) is 2.99. The van der Waals surface area contributed by atoms with E-state index in [1.807, 2.05) is 37.2 Å². The van der Waals surface area contributed by atoms with Gasteiger partial charge in [-0.2, -0.15) is 4.31 Å². The summed E-state index contributed by atoms with van der Waals surface area (Å²) in [7, 11) is 1.45. The number of sulfonamides is 1. The number of aliphatic hydroxyl groups excluding tert-OH is 1. The summed E-state index contributed by atoms with van der Waals surface area (Å²) in [5, 5.41) is 23.9. The minimum absolute atomic E-state index is 0.0300. The van der Waals surface area contributed by atoms with E-state index in [4.69, 9.17) is 9.90 Å². The Morgan fingerprint density at radius 1 is 0.933 bits per heavy atom. The number of hydrogen-bond acceptors (Lipinski definition) is 7. The van der Waals surface area contributed by atoms with Crippen molar-refractivity contribution >= 4 is 22.4 Å². The van der Waals surface area contributed by atoms with Gasteiger partial charge in [-0.05, 0) is 80.0 Å². The van der Waals surface area contributed by atoms with Gasteiger partial charge in [0.15, 0.2) is 0 Å². The van der Waals surface area contributed by atoms with Crippen LogP contribution in [-0.2, 0) is 34.2 Å². The molecule has 0 spiro atoms. The van der Waals surface area contributed by atoms with Gasteiger partial charge in [0.1, 0.15) is 11.6 Å². The van der Waals surface area contributed by atoms with Crippen LogP contribution in [0.3, 0.4) is 0 Å². The fraction of sp³-hybridized carbons (Fsp3) is 0.375. The number of carbonyl (C=O) groups is 2. The van der Waals surface area contributed by atoms with Crippen LogP contribution in [0.15, 0.2) is 71.6 Å². The molecule has 4 N–H and O–H groups in total. The molecule has 0 aromatic heterocycles. The summed E-state index contributed by atoms with van der Waals surface area (Å²) in [4.78, 5) is 23.4. The van der Waals surface area contributed by atoms with Crippen LogP contribution in [0.1, 0.15) is 34.0 Å². The van der Waals surface area contributed by atoms with Crippen LogP contribution in [0.2, 0.25) is 0 Å². The number of halogens is 2. The summed E-state index contributed by atoms with van der Waals surface area (Å²) < 4.78 is 54.8. The van der Waals surface area contributed by atoms with Crippen LogP contribution >= 0.6 is 0 Å². The molecule has 0 aliphatic heterocycles. The minimum atomic E-state index is -3.74. The highest BCUT2D eigenvalue weighted by Gasteiger charge is 2.24. The highest BCUT2D eigenvalue weighted by atomic mass is 32.2. The Kier molecular flexibility index (Phi) is 15.2. The second-order valence-electron chi connectivity index (χ2n) is 10.7. The molecule has 10 nitrogen and oxygen atoms in total. The number of benzene rings is 3. The molecule has 1 amide bonds. The third kappa shape index (κ3) is 12.3. The summed E-state index contributed by atoms with van der Waals surface area (Å²) in [6, 6.07) is 15.7. The van der Waals surface area contributed by atoms with Crippen molar-refractivity contribution < 1.29 is 37.0 Å². The minimum Gasteiger partial charge on any atom is -0.483 e. The molecule has 2 atom stereocenters. The van der Waals surface area contributed by atoms with Gasteiger partial charge in [-0.25, -0.2) is 17.2 Å². The van der Waals surface area contributed by atoms with Crippen LogP contribution in [0.25, 0.3) is 0 Å². The number of amides is 1. The first-order valence-electron chi connectivity index (χ1n) is 14.3. The molecule has 0 aliphatic carbocycles. The molecular formula is C32H42F2N4O6S. The highest BCUT2D eigenvalue weighted by Crippen LogP contribution is 2.17. The number of aliphatic hydroxyl groups is 1. The SMILES string of the molecule is CCc1cccc(CNC[C@@H](O)[C@H](Cc2cc(F)cc(F)c2)NC(=O)c2ccc(S(=O)(=O)N(C)CCN(C)C)cc2)c1.O=CO. The number of nitrogens with zero attached hydrogens (tertiary/aromatic N) is 2. The monoisotopic (exact) mass is 648 g/mol. The molecule has 0 saturated heterocycles. The molecule has 3 aromatic rings. The largest absolute Gasteiger partial charge is 0.483 e. The maximum Gasteiger partial charge on any atom is 0.290 e. The second kappa shape index (κ2) is 18.3. The van der Waals surface area contributed by atoms with E-state index in [2.05, 4.69) is 23.6 Å². The van der Waals surface area contributed by atoms with E-state index in [0.717, 1.165) is 30.2 Å². The Balaban J connectivity index is 0.00000226. The Morgan fingerprint density at radius 2 is 1.53 bits per heavy atom. The van der Waals surface area contributed by atoms with Gasteiger partial charge in [0, 0.05) is 44.9 Å². The molecule has 0 radical (unpaired) electrons. The van der Waals surface area contributed by atoms with Gasteiger partial charge in [0.25, 0.3) is 12.4 Å². The summed E-state index contributed by atoms with van der Waals surface area (Å²) >= 11 is 0. The predicted molar refractivity (Wildman–Crippen MR) is 168 cm³/mol. The van der Waals surface area contributed by atoms with Crippen LogP contribution in [-0.4, -0.2) is 93.1 Å². The molecule has 0 heterocycles. The van der Waals surface area contributed by atoms with Gasteiger partial charge >= 0.3 is 0 Å². The van der Waals surface area contributed by atoms with Crippen molar-refractivity contribution in [1.82, 2.24) is 19.8 Å². The average molecular weight is 649 g/mol. The molecule has 3 rings (SSSR count). The second-order valence-corrected chi connectivity index (χ2v) is 12.7. The van der Waals surface area contributed by atoms with Gasteiger partial charge < -0.3 is 25.7 Å². The zero-order valence-corrected chi connectivity index (χ0v) is 26.7. The fourth-order valence-electron chi connectivity index (χ4n) is 4.40. The summed E-state index contributed by atoms with van der Waals surface area (Å²) in [6.07, 6.45) is -0.230. The van der Waals surface area contributed by atoms with E-state index < -0.39 is 39.7 Å². The summed E-state index contributed by atoms with van der Waals surface area (Å²) in [6.45, 7) is 3.26. The van der Waals surface area contributed by atoms with Gasteiger partial charge in [-0.3, -0.25) is 9.59 Å². The third-order valence-corrected chi connectivity index (χ3v) is 8.80. The number of carboxylic acid groups (broad SMARTS) is 1. The lowest BCUT2D eigenvalue weighted by molar-refractivity contribution is -0.122. The molecule has 0 unspecified atom stereocenters. The summed E-state index contributed by atoms with van der Waals surface area (Å²) in [5.41, 5.74) is 2.68. The van der Waals surface area contributed by atoms with Crippen molar-refractivity contribution in [2.45, 2.75) is 43.4 Å². The first-order chi connectivity index (χ1) is 21.3. The topological polar surface area (TPSA) is 139 Å². The van der Waals surface area contributed by atoms with Crippen molar-refractivity contribution in [2.75, 3.05) is 40.8 Å². The predicted octanol–water partition coefficient (Wildman–Crippen LogP) is 2.90. The zero-order valence-electron chi connectivity index (χ0n) is 25.9. The van der Waals surface area contributed by atoms with Crippen molar-refractivity contribution in [3.8, 4) is 0 Å². The van der Waals surface area contributed by atoms with Gasteiger partial charge in [-0.1, -0.05) is 31.2 Å². The third-order valence-electron chi connectivity index (χ3n) is 6.93. The quantitative estimate of drug-likeness (QED) is 0.185. The molecule has 0 aliphatic rings. The molecule has 13 heteroatoms. The van der Waals surface area contributed by atoms with Crippen LogP contribution in [0.5, 0.6) is 0 Å². The van der Waals surface area contributed by atoms with Crippen molar-refractivity contribution in [3.05, 3.63) is 101 Å². The normalized spacial score (nSPS) is 12.7. The van der Waals surface area contributed by atoms with Crippen LogP contribution < -0.4 is 10.6 Å². The van der Waals surface area contributed by atoms with Crippen LogP contribution in [0.4, 0.5) is 8.78 Å². The Hall–Kier alpha value is -3.75. The molecule has 0 fully saturated rings. The number of aryl methyl sites for hydroxylation is 1. The number of rotatable bonds is 15. The molecule has 0 bridgehead atoms. The molecule has 0 saturated carbocycles. The maximum absolute atomic E-state index is 13.9. The van der Waals surface area contributed by atoms with E-state index in [0.29, 0.717) is 19.6 Å². The first-order valence-corrected chi connectivity index (χ1v) is 15.8. The van der Waals surface area contributed by atoms with E-state index in [9.17, 15) is 27.1 Å². The Bertz CT molecular complexity index is 1470. The van der Waals surface area contributed by atoms with Crippen molar-refractivity contribution in [2.24, 2.45) is 0 Å². The standard InChI is InChI=1S/C31H40F2N4O4S.CH2O2/c1-5-22-7-6-8-23(15-22)20-34-21-30(38)29(18-24-16-26(32)19-27(33)17-24)35-31(39)25-9-11-28(12-10-25)42(40,41)37(4)14-13-36(2)3;2-1-3/h6-12,15-17,19,29-30,34,38H,5,13-14,18,20-21H2,1-4H3,(H,35,39);1H,(H,2,3)/t29-,30+;/m0./s1.